The van der Waals surface area contributed by atoms with Gasteiger partial charge in [0, 0.05) is 10.9 Å². The fourth-order valence-corrected chi connectivity index (χ4v) is 1.59. The highest BCUT2D eigenvalue weighted by atomic mass is 32.1. The zero-order valence-corrected chi connectivity index (χ0v) is 7.62. The second-order valence-electron chi connectivity index (χ2n) is 2.61. The van der Waals surface area contributed by atoms with Gasteiger partial charge in [-0.3, -0.25) is 4.79 Å². The summed E-state index contributed by atoms with van der Waals surface area (Å²) in [5.74, 6) is 0.0364. The molecule has 0 spiro atoms. The Kier molecular flexibility index (Phi) is 2.19. The standard InChI is InChI=1S/C10H7NOS/c12-10(9-6-11-13-7-9)8-4-2-1-3-5-8/h1-7H. The van der Waals surface area contributed by atoms with Gasteiger partial charge in [-0.1, -0.05) is 30.3 Å². The summed E-state index contributed by atoms with van der Waals surface area (Å²) in [6.45, 7) is 0. The third-order valence-corrected chi connectivity index (χ3v) is 2.32. The monoisotopic (exact) mass is 189 g/mol. The lowest BCUT2D eigenvalue weighted by Crippen LogP contribution is -1.98. The maximum atomic E-state index is 11.7. The summed E-state index contributed by atoms with van der Waals surface area (Å²) in [5, 5.41) is 1.76. The molecule has 0 aliphatic rings. The highest BCUT2D eigenvalue weighted by molar-refractivity contribution is 7.03. The number of rotatable bonds is 2. The molecule has 13 heavy (non-hydrogen) atoms. The van der Waals surface area contributed by atoms with Crippen molar-refractivity contribution in [3.63, 3.8) is 0 Å². The Morgan fingerprint density at radius 2 is 1.92 bits per heavy atom. The first-order valence-electron chi connectivity index (χ1n) is 3.87. The third kappa shape index (κ3) is 1.65. The minimum atomic E-state index is 0.0364. The highest BCUT2D eigenvalue weighted by Gasteiger charge is 2.08. The van der Waals surface area contributed by atoms with Gasteiger partial charge in [-0.25, -0.2) is 4.37 Å². The van der Waals surface area contributed by atoms with Crippen molar-refractivity contribution in [1.82, 2.24) is 4.37 Å². The van der Waals surface area contributed by atoms with Crippen molar-refractivity contribution < 1.29 is 4.79 Å². The molecule has 0 radical (unpaired) electrons. The number of carbonyl (C=O) groups excluding carboxylic acids is 1. The van der Waals surface area contributed by atoms with Crippen LogP contribution < -0.4 is 0 Å². The number of nitrogens with zero attached hydrogens (tertiary/aromatic N) is 1. The van der Waals surface area contributed by atoms with Crippen LogP contribution in [0.2, 0.25) is 0 Å². The molecule has 2 aromatic rings. The summed E-state index contributed by atoms with van der Waals surface area (Å²) in [6, 6.07) is 9.21. The number of benzene rings is 1. The van der Waals surface area contributed by atoms with E-state index < -0.39 is 0 Å². The van der Waals surface area contributed by atoms with Crippen molar-refractivity contribution in [2.24, 2.45) is 0 Å². The average Bonchev–Trinajstić information content (AvgIpc) is 2.71. The molecule has 1 aromatic carbocycles. The van der Waals surface area contributed by atoms with E-state index in [0.717, 1.165) is 0 Å². The van der Waals surface area contributed by atoms with Gasteiger partial charge in [-0.05, 0) is 11.5 Å². The van der Waals surface area contributed by atoms with E-state index in [4.69, 9.17) is 0 Å². The lowest BCUT2D eigenvalue weighted by atomic mass is 10.1. The molecule has 0 bridgehead atoms. The van der Waals surface area contributed by atoms with Crippen molar-refractivity contribution in [3.05, 3.63) is 53.0 Å². The van der Waals surface area contributed by atoms with Gasteiger partial charge in [0.15, 0.2) is 5.78 Å². The Hall–Kier alpha value is -1.48. The molecule has 1 aromatic heterocycles. The largest absolute Gasteiger partial charge is 0.289 e. The van der Waals surface area contributed by atoms with Crippen LogP contribution in [0, 0.1) is 0 Å². The summed E-state index contributed by atoms with van der Waals surface area (Å²) in [6.07, 6.45) is 1.60. The Morgan fingerprint density at radius 1 is 1.15 bits per heavy atom. The van der Waals surface area contributed by atoms with E-state index in [1.165, 1.54) is 11.5 Å². The van der Waals surface area contributed by atoms with Crippen molar-refractivity contribution in [1.29, 1.82) is 0 Å². The van der Waals surface area contributed by atoms with Gasteiger partial charge >= 0.3 is 0 Å². The van der Waals surface area contributed by atoms with E-state index in [0.29, 0.717) is 11.1 Å². The van der Waals surface area contributed by atoms with Crippen LogP contribution in [0.3, 0.4) is 0 Å². The molecule has 0 fully saturated rings. The van der Waals surface area contributed by atoms with E-state index in [-0.39, 0.29) is 5.78 Å². The number of aromatic nitrogens is 1. The molecule has 0 unspecified atom stereocenters. The molecule has 2 rings (SSSR count). The molecular formula is C10H7NOS. The van der Waals surface area contributed by atoms with Gasteiger partial charge in [-0.15, -0.1) is 0 Å². The lowest BCUT2D eigenvalue weighted by Gasteiger charge is -1.95. The first-order valence-corrected chi connectivity index (χ1v) is 4.71. The van der Waals surface area contributed by atoms with Crippen LogP contribution in [0.25, 0.3) is 0 Å². The lowest BCUT2D eigenvalue weighted by molar-refractivity contribution is 0.103. The van der Waals surface area contributed by atoms with Crippen molar-refractivity contribution in [2.45, 2.75) is 0 Å². The summed E-state index contributed by atoms with van der Waals surface area (Å²) in [5.41, 5.74) is 1.37. The van der Waals surface area contributed by atoms with Crippen LogP contribution in [0.5, 0.6) is 0 Å². The van der Waals surface area contributed by atoms with Gasteiger partial charge in [-0.2, -0.15) is 0 Å². The molecule has 3 heteroatoms. The Labute approximate surface area is 80.0 Å². The molecule has 0 saturated heterocycles. The molecule has 0 atom stereocenters. The molecule has 0 N–H and O–H groups in total. The van der Waals surface area contributed by atoms with Gasteiger partial charge in [0.25, 0.3) is 0 Å². The molecule has 0 saturated carbocycles. The molecule has 64 valence electrons. The van der Waals surface area contributed by atoms with Crippen LogP contribution in [0.15, 0.2) is 41.9 Å². The van der Waals surface area contributed by atoms with Crippen molar-refractivity contribution in [2.75, 3.05) is 0 Å². The molecule has 0 amide bonds. The molecule has 0 aliphatic heterocycles. The molecule has 1 heterocycles. The predicted octanol–water partition coefficient (Wildman–Crippen LogP) is 2.37. The molecule has 2 nitrogen and oxygen atoms in total. The highest BCUT2D eigenvalue weighted by Crippen LogP contribution is 2.09. The smallest absolute Gasteiger partial charge is 0.195 e. The summed E-state index contributed by atoms with van der Waals surface area (Å²) in [7, 11) is 0. The minimum absolute atomic E-state index is 0.0364. The summed E-state index contributed by atoms with van der Waals surface area (Å²) < 4.78 is 3.89. The normalized spacial score (nSPS) is 9.85. The van der Waals surface area contributed by atoms with Crippen molar-refractivity contribution in [3.8, 4) is 0 Å². The topological polar surface area (TPSA) is 30.0 Å². The SMILES string of the molecule is O=C(c1ccccc1)c1cnsc1. The summed E-state index contributed by atoms with van der Waals surface area (Å²) in [4.78, 5) is 11.7. The average molecular weight is 189 g/mol. The quantitative estimate of drug-likeness (QED) is 0.679. The van der Waals surface area contributed by atoms with Gasteiger partial charge in [0.05, 0.1) is 11.8 Å². The second-order valence-corrected chi connectivity index (χ2v) is 3.27. The number of hydrogen-bond donors (Lipinski definition) is 0. The van der Waals surface area contributed by atoms with E-state index >= 15 is 0 Å². The van der Waals surface area contributed by atoms with E-state index in [1.807, 2.05) is 18.2 Å². The first-order chi connectivity index (χ1) is 6.38. The predicted molar refractivity (Wildman–Crippen MR) is 52.0 cm³/mol. The molecule has 0 aliphatic carbocycles. The van der Waals surface area contributed by atoms with E-state index in [9.17, 15) is 4.79 Å². The zero-order valence-electron chi connectivity index (χ0n) is 6.81. The van der Waals surface area contributed by atoms with Gasteiger partial charge in [0.2, 0.25) is 0 Å². The van der Waals surface area contributed by atoms with Gasteiger partial charge < -0.3 is 0 Å². The maximum absolute atomic E-state index is 11.7. The summed E-state index contributed by atoms with van der Waals surface area (Å²) >= 11 is 1.29. The second kappa shape index (κ2) is 3.49. The zero-order chi connectivity index (χ0) is 9.10. The van der Waals surface area contributed by atoms with Crippen LogP contribution in [-0.4, -0.2) is 10.2 Å². The Bertz CT molecular complexity index is 394. The molecular weight excluding hydrogens is 182 g/mol. The maximum Gasteiger partial charge on any atom is 0.195 e. The number of carbonyl (C=O) groups is 1. The van der Waals surface area contributed by atoms with Crippen LogP contribution in [0.1, 0.15) is 15.9 Å². The Balaban J connectivity index is 2.34. The fourth-order valence-electron chi connectivity index (χ4n) is 1.07. The van der Waals surface area contributed by atoms with Crippen LogP contribution >= 0.6 is 11.5 Å². The van der Waals surface area contributed by atoms with Crippen LogP contribution in [0.4, 0.5) is 0 Å². The first kappa shape index (κ1) is 8.13. The Morgan fingerprint density at radius 3 is 2.54 bits per heavy atom. The van der Waals surface area contributed by atoms with Crippen molar-refractivity contribution >= 4 is 17.3 Å². The van der Waals surface area contributed by atoms with Gasteiger partial charge in [0.1, 0.15) is 0 Å². The van der Waals surface area contributed by atoms with E-state index in [2.05, 4.69) is 4.37 Å². The van der Waals surface area contributed by atoms with Crippen LogP contribution in [-0.2, 0) is 0 Å². The third-order valence-electron chi connectivity index (χ3n) is 1.73. The fraction of sp³-hybridized carbons (Fsp3) is 0. The number of hydrogen-bond acceptors (Lipinski definition) is 3. The number of ketones is 1. The minimum Gasteiger partial charge on any atom is -0.289 e. The van der Waals surface area contributed by atoms with E-state index in [1.54, 1.807) is 23.7 Å².